The summed E-state index contributed by atoms with van der Waals surface area (Å²) in [6.07, 6.45) is 2.96. The third-order valence-corrected chi connectivity index (χ3v) is 4.98. The molecule has 1 aliphatic rings. The summed E-state index contributed by atoms with van der Waals surface area (Å²) in [5.41, 5.74) is 12.9. The van der Waals surface area contributed by atoms with Gasteiger partial charge in [-0.15, -0.1) is 0 Å². The smallest absolute Gasteiger partial charge is 0.340 e. The maximum atomic E-state index is 12.6. The first-order valence-electron chi connectivity index (χ1n) is 9.78. The summed E-state index contributed by atoms with van der Waals surface area (Å²) in [7, 11) is 0. The van der Waals surface area contributed by atoms with Gasteiger partial charge in [0.25, 0.3) is 5.91 Å². The molecule has 0 atom stereocenters. The lowest BCUT2D eigenvalue weighted by atomic mass is 10.0. The number of hydrogen-bond acceptors (Lipinski definition) is 5. The predicted octanol–water partition coefficient (Wildman–Crippen LogP) is 3.43. The van der Waals surface area contributed by atoms with E-state index in [0.29, 0.717) is 41.1 Å². The Kier molecular flexibility index (Phi) is 5.34. The zero-order valence-electron chi connectivity index (χ0n) is 16.6. The summed E-state index contributed by atoms with van der Waals surface area (Å²) in [6.45, 7) is 2.03. The number of benzene rings is 2. The molecule has 2 aromatic carbocycles. The number of para-hydroxylation sites is 1. The van der Waals surface area contributed by atoms with E-state index in [0.717, 1.165) is 16.5 Å². The van der Waals surface area contributed by atoms with Gasteiger partial charge in [-0.3, -0.25) is 4.79 Å². The van der Waals surface area contributed by atoms with Crippen LogP contribution >= 0.6 is 0 Å². The van der Waals surface area contributed by atoms with E-state index in [1.165, 1.54) is 0 Å². The number of carbonyl (C=O) groups is 2. The number of hydrogen-bond donors (Lipinski definition) is 3. The fourth-order valence-electron chi connectivity index (χ4n) is 3.49. The lowest BCUT2D eigenvalue weighted by Gasteiger charge is -2.05. The zero-order chi connectivity index (χ0) is 21.1. The van der Waals surface area contributed by atoms with Crippen LogP contribution < -0.4 is 11.2 Å². The normalized spacial score (nSPS) is 14.8. The number of nitrogen functional groups attached to an aromatic ring is 1. The fourth-order valence-corrected chi connectivity index (χ4v) is 3.49. The number of rotatable bonds is 6. The molecule has 4 N–H and O–H groups in total. The largest absolute Gasteiger partial charge is 0.462 e. The van der Waals surface area contributed by atoms with Gasteiger partial charge in [-0.1, -0.05) is 30.3 Å². The molecule has 0 radical (unpaired) electrons. The Morgan fingerprint density at radius 2 is 1.90 bits per heavy atom. The molecule has 0 saturated heterocycles. The van der Waals surface area contributed by atoms with Crippen LogP contribution in [0.1, 0.15) is 35.0 Å². The van der Waals surface area contributed by atoms with Crippen molar-refractivity contribution in [2.24, 2.45) is 5.10 Å². The maximum Gasteiger partial charge on any atom is 0.340 e. The molecular weight excluding hydrogens is 380 g/mol. The molecule has 0 unspecified atom stereocenters. The second-order valence-corrected chi connectivity index (χ2v) is 6.98. The summed E-state index contributed by atoms with van der Waals surface area (Å²) in [5, 5.41) is 4.94. The molecule has 0 aliphatic carbocycles. The van der Waals surface area contributed by atoms with Crippen LogP contribution in [-0.4, -0.2) is 29.2 Å². The minimum atomic E-state index is -0.430. The summed E-state index contributed by atoms with van der Waals surface area (Å²) < 4.78 is 5.24. The van der Waals surface area contributed by atoms with Crippen LogP contribution in [0.25, 0.3) is 17.0 Å². The molecule has 152 valence electrons. The molecule has 1 amide bonds. The molecule has 0 bridgehead atoms. The van der Waals surface area contributed by atoms with Crippen molar-refractivity contribution in [2.75, 3.05) is 12.3 Å². The molecule has 0 saturated carbocycles. The van der Waals surface area contributed by atoms with Gasteiger partial charge in [-0.2, -0.15) is 5.10 Å². The van der Waals surface area contributed by atoms with Gasteiger partial charge in [0.1, 0.15) is 0 Å². The van der Waals surface area contributed by atoms with Gasteiger partial charge < -0.3 is 15.5 Å². The Bertz CT molecular complexity index is 1170. The second-order valence-electron chi connectivity index (χ2n) is 6.98. The number of aromatic nitrogens is 1. The Balaban J connectivity index is 1.67. The van der Waals surface area contributed by atoms with Crippen LogP contribution in [0.15, 0.2) is 59.2 Å². The summed E-state index contributed by atoms with van der Waals surface area (Å²) >= 11 is 0. The second kappa shape index (κ2) is 8.24. The Hall–Kier alpha value is -3.87. The standard InChI is InChI=1S/C23H22N4O3/c1-2-30-23(29)21-16-5-3-4-6-18(16)25-20(21)13-17-19(26-27-22(17)28)12-9-14-7-10-15(24)11-8-14/h3-8,10-11,13,25H,2,9,12,24H2,1H3,(H,27,28). The number of H-pyrrole nitrogens is 1. The molecule has 0 fully saturated rings. The predicted molar refractivity (Wildman–Crippen MR) is 117 cm³/mol. The molecule has 1 aliphatic heterocycles. The SMILES string of the molecule is CCOC(=O)c1c(C=C2C(=O)NN=C2CCc2ccc(N)cc2)[nH]c2ccccc12. The van der Waals surface area contributed by atoms with Crippen molar-refractivity contribution in [3.63, 3.8) is 0 Å². The number of esters is 1. The molecule has 0 spiro atoms. The number of fused-ring (bicyclic) bond motifs is 1. The van der Waals surface area contributed by atoms with E-state index in [9.17, 15) is 9.59 Å². The Labute approximate surface area is 173 Å². The van der Waals surface area contributed by atoms with Gasteiger partial charge in [0.15, 0.2) is 0 Å². The average Bonchev–Trinajstić information content (AvgIpc) is 3.28. The molecule has 2 heterocycles. The number of anilines is 1. The lowest BCUT2D eigenvalue weighted by molar-refractivity contribution is -0.116. The van der Waals surface area contributed by atoms with Gasteiger partial charge in [-0.25, -0.2) is 10.2 Å². The highest BCUT2D eigenvalue weighted by Crippen LogP contribution is 2.26. The first-order chi connectivity index (χ1) is 14.6. The lowest BCUT2D eigenvalue weighted by Crippen LogP contribution is -2.14. The van der Waals surface area contributed by atoms with E-state index in [1.54, 1.807) is 13.0 Å². The van der Waals surface area contributed by atoms with Crippen molar-refractivity contribution >= 4 is 40.3 Å². The molecule has 4 rings (SSSR count). The van der Waals surface area contributed by atoms with Crippen molar-refractivity contribution in [1.29, 1.82) is 0 Å². The quantitative estimate of drug-likeness (QED) is 0.333. The summed E-state index contributed by atoms with van der Waals surface area (Å²) in [6, 6.07) is 15.1. The molecule has 3 aromatic rings. The van der Waals surface area contributed by atoms with Crippen molar-refractivity contribution in [1.82, 2.24) is 10.4 Å². The van der Waals surface area contributed by atoms with E-state index in [1.807, 2.05) is 48.5 Å². The van der Waals surface area contributed by atoms with Gasteiger partial charge in [0.2, 0.25) is 0 Å². The third-order valence-electron chi connectivity index (χ3n) is 4.98. The van der Waals surface area contributed by atoms with E-state index in [2.05, 4.69) is 15.5 Å². The summed E-state index contributed by atoms with van der Waals surface area (Å²) in [4.78, 5) is 28.3. The van der Waals surface area contributed by atoms with Crippen LogP contribution in [0.4, 0.5) is 5.69 Å². The highest BCUT2D eigenvalue weighted by molar-refractivity contribution is 6.28. The highest BCUT2D eigenvalue weighted by atomic mass is 16.5. The number of amides is 1. The number of nitrogens with zero attached hydrogens (tertiary/aromatic N) is 1. The minimum Gasteiger partial charge on any atom is -0.462 e. The first kappa shape index (κ1) is 19.4. The maximum absolute atomic E-state index is 12.6. The number of carbonyl (C=O) groups excluding carboxylic acids is 2. The van der Waals surface area contributed by atoms with Crippen LogP contribution in [0.2, 0.25) is 0 Å². The monoisotopic (exact) mass is 402 g/mol. The van der Waals surface area contributed by atoms with E-state index < -0.39 is 5.97 Å². The fraction of sp³-hybridized carbons (Fsp3) is 0.174. The average molecular weight is 402 g/mol. The van der Waals surface area contributed by atoms with E-state index in [-0.39, 0.29) is 12.5 Å². The Morgan fingerprint density at radius 1 is 1.13 bits per heavy atom. The van der Waals surface area contributed by atoms with E-state index >= 15 is 0 Å². The molecule has 7 heteroatoms. The number of ether oxygens (including phenoxy) is 1. The van der Waals surface area contributed by atoms with Crippen molar-refractivity contribution in [3.8, 4) is 0 Å². The number of aryl methyl sites for hydroxylation is 1. The zero-order valence-corrected chi connectivity index (χ0v) is 16.6. The number of hydrazone groups is 1. The Morgan fingerprint density at radius 3 is 2.67 bits per heavy atom. The van der Waals surface area contributed by atoms with Gasteiger partial charge in [-0.05, 0) is 49.6 Å². The number of nitrogens with one attached hydrogen (secondary N) is 2. The molecule has 30 heavy (non-hydrogen) atoms. The number of nitrogens with two attached hydrogens (primary N) is 1. The molecular formula is C23H22N4O3. The van der Waals surface area contributed by atoms with Gasteiger partial charge in [0.05, 0.1) is 29.1 Å². The van der Waals surface area contributed by atoms with E-state index in [4.69, 9.17) is 10.5 Å². The minimum absolute atomic E-state index is 0.267. The van der Waals surface area contributed by atoms with Crippen LogP contribution in [0.5, 0.6) is 0 Å². The third kappa shape index (κ3) is 3.82. The van der Waals surface area contributed by atoms with Crippen LogP contribution in [0.3, 0.4) is 0 Å². The summed E-state index contributed by atoms with van der Waals surface area (Å²) in [5.74, 6) is -0.726. The topological polar surface area (TPSA) is 110 Å². The van der Waals surface area contributed by atoms with Gasteiger partial charge >= 0.3 is 5.97 Å². The van der Waals surface area contributed by atoms with Gasteiger partial charge in [0, 0.05) is 16.6 Å². The number of aromatic amines is 1. The molecule has 1 aromatic heterocycles. The van der Waals surface area contributed by atoms with Crippen molar-refractivity contribution in [2.45, 2.75) is 19.8 Å². The van der Waals surface area contributed by atoms with Crippen molar-refractivity contribution in [3.05, 3.63) is 70.9 Å². The molecule has 7 nitrogen and oxygen atoms in total. The van der Waals surface area contributed by atoms with Crippen molar-refractivity contribution < 1.29 is 14.3 Å². The van der Waals surface area contributed by atoms with Crippen LogP contribution in [-0.2, 0) is 16.0 Å². The highest BCUT2D eigenvalue weighted by Gasteiger charge is 2.25. The first-order valence-corrected chi connectivity index (χ1v) is 9.78. The van der Waals surface area contributed by atoms with Crippen LogP contribution in [0, 0.1) is 0 Å².